The summed E-state index contributed by atoms with van der Waals surface area (Å²) in [6.07, 6.45) is 0.596. The molecule has 3 nitrogen and oxygen atoms in total. The predicted octanol–water partition coefficient (Wildman–Crippen LogP) is 2.33. The maximum atomic E-state index is 10.7. The van der Waals surface area contributed by atoms with E-state index < -0.39 is 5.97 Å². The molecular formula is C14H14O3S. The van der Waals surface area contributed by atoms with E-state index in [9.17, 15) is 9.59 Å². The van der Waals surface area contributed by atoms with Gasteiger partial charge in [-0.2, -0.15) is 0 Å². The molecule has 1 N–H and O–H groups in total. The summed E-state index contributed by atoms with van der Waals surface area (Å²) in [5.74, 6) is 5.71. The fraction of sp³-hybridized carbons (Fsp3) is 0.286. The molecule has 0 bridgehead atoms. The first-order valence-electron chi connectivity index (χ1n) is 5.51. The quantitative estimate of drug-likeness (QED) is 0.668. The Morgan fingerprint density at radius 2 is 2.06 bits per heavy atom. The lowest BCUT2D eigenvalue weighted by Gasteiger charge is -2.00. The molecule has 18 heavy (non-hydrogen) atoms. The van der Waals surface area contributed by atoms with Crippen LogP contribution in [0, 0.1) is 11.8 Å². The van der Waals surface area contributed by atoms with Gasteiger partial charge in [0.25, 0.3) is 0 Å². The second-order valence-corrected chi connectivity index (χ2v) is 4.89. The van der Waals surface area contributed by atoms with Crippen LogP contribution in [0.15, 0.2) is 24.3 Å². The summed E-state index contributed by atoms with van der Waals surface area (Å²) in [6.45, 7) is 1.53. The van der Waals surface area contributed by atoms with Crippen molar-refractivity contribution in [1.29, 1.82) is 0 Å². The number of rotatable bonds is 4. The maximum Gasteiger partial charge on any atom is 0.307 e. The summed E-state index contributed by atoms with van der Waals surface area (Å²) < 4.78 is 0. The number of benzene rings is 1. The normalized spacial score (nSPS) is 9.39. The van der Waals surface area contributed by atoms with Crippen LogP contribution in [0.1, 0.15) is 24.5 Å². The average Bonchev–Trinajstić information content (AvgIpc) is 2.29. The van der Waals surface area contributed by atoms with Crippen LogP contribution in [0.2, 0.25) is 0 Å². The molecule has 0 aliphatic heterocycles. The summed E-state index contributed by atoms with van der Waals surface area (Å²) in [5.41, 5.74) is 1.46. The monoisotopic (exact) mass is 262 g/mol. The molecule has 0 spiro atoms. The van der Waals surface area contributed by atoms with Crippen LogP contribution >= 0.6 is 11.8 Å². The highest BCUT2D eigenvalue weighted by Gasteiger charge is 2.03. The molecule has 0 unspecified atom stereocenters. The first-order chi connectivity index (χ1) is 8.59. The van der Waals surface area contributed by atoms with Gasteiger partial charge in [0.1, 0.15) is 0 Å². The minimum atomic E-state index is -0.864. The van der Waals surface area contributed by atoms with E-state index in [1.54, 1.807) is 12.1 Å². The van der Waals surface area contributed by atoms with Crippen molar-refractivity contribution < 1.29 is 14.7 Å². The van der Waals surface area contributed by atoms with Gasteiger partial charge < -0.3 is 5.11 Å². The first kappa shape index (κ1) is 14.3. The summed E-state index contributed by atoms with van der Waals surface area (Å²) in [4.78, 5) is 21.4. The van der Waals surface area contributed by atoms with Gasteiger partial charge in [0, 0.05) is 24.7 Å². The van der Waals surface area contributed by atoms with Crippen LogP contribution in [0.3, 0.4) is 0 Å². The van der Waals surface area contributed by atoms with E-state index in [0.29, 0.717) is 12.2 Å². The van der Waals surface area contributed by atoms with Crippen LogP contribution < -0.4 is 0 Å². The average molecular weight is 262 g/mol. The van der Waals surface area contributed by atoms with E-state index in [0.717, 1.165) is 11.1 Å². The van der Waals surface area contributed by atoms with Gasteiger partial charge in [-0.25, -0.2) is 0 Å². The molecular weight excluding hydrogens is 248 g/mol. The van der Waals surface area contributed by atoms with Crippen LogP contribution in [-0.2, 0) is 16.0 Å². The third kappa shape index (κ3) is 5.55. The van der Waals surface area contributed by atoms with Crippen molar-refractivity contribution in [1.82, 2.24) is 0 Å². The molecule has 0 amide bonds. The van der Waals surface area contributed by atoms with Crippen LogP contribution in [0.25, 0.3) is 0 Å². The molecule has 0 fully saturated rings. The molecule has 0 atom stereocenters. The highest BCUT2D eigenvalue weighted by molar-refractivity contribution is 8.13. The summed E-state index contributed by atoms with van der Waals surface area (Å²) >= 11 is 1.25. The standard InChI is InChI=1S/C14H14O3S/c1-11(15)18-9-5-4-7-12-6-2-3-8-13(12)10-14(16)17/h2-3,6,8H,5,9-10H2,1H3,(H,16,17). The number of carboxylic acid groups (broad SMARTS) is 1. The fourth-order valence-electron chi connectivity index (χ4n) is 1.36. The van der Waals surface area contributed by atoms with Crippen molar-refractivity contribution in [3.8, 4) is 11.8 Å². The van der Waals surface area contributed by atoms with Gasteiger partial charge in [-0.15, -0.1) is 0 Å². The van der Waals surface area contributed by atoms with Gasteiger partial charge in [0.2, 0.25) is 0 Å². The number of carboxylic acids is 1. The number of hydrogen-bond acceptors (Lipinski definition) is 3. The predicted molar refractivity (Wildman–Crippen MR) is 72.4 cm³/mol. The second kappa shape index (κ2) is 7.57. The molecule has 1 rings (SSSR count). The van der Waals surface area contributed by atoms with Crippen LogP contribution in [0.5, 0.6) is 0 Å². The topological polar surface area (TPSA) is 54.4 Å². The Bertz CT molecular complexity index is 497. The number of carbonyl (C=O) groups excluding carboxylic acids is 1. The molecule has 0 aromatic heterocycles. The Balaban J connectivity index is 2.63. The molecule has 0 radical (unpaired) electrons. The van der Waals surface area contributed by atoms with Crippen molar-refractivity contribution in [2.75, 3.05) is 5.75 Å². The maximum absolute atomic E-state index is 10.7. The largest absolute Gasteiger partial charge is 0.481 e. The number of hydrogen-bond donors (Lipinski definition) is 1. The fourth-order valence-corrected chi connectivity index (χ4v) is 1.85. The molecule has 94 valence electrons. The van der Waals surface area contributed by atoms with E-state index in [4.69, 9.17) is 5.11 Å². The third-order valence-electron chi connectivity index (χ3n) is 2.11. The Morgan fingerprint density at radius 3 is 2.72 bits per heavy atom. The number of carbonyl (C=O) groups is 2. The Hall–Kier alpha value is -1.73. The van der Waals surface area contributed by atoms with Gasteiger partial charge in [-0.05, 0) is 11.6 Å². The van der Waals surface area contributed by atoms with Crippen molar-refractivity contribution in [2.24, 2.45) is 0 Å². The van der Waals surface area contributed by atoms with E-state index in [-0.39, 0.29) is 11.5 Å². The molecule has 0 aliphatic rings. The third-order valence-corrected chi connectivity index (χ3v) is 2.93. The molecule has 1 aromatic carbocycles. The Kier molecular flexibility index (Phi) is 6.03. The van der Waals surface area contributed by atoms with E-state index in [1.807, 2.05) is 12.1 Å². The van der Waals surface area contributed by atoms with Crippen LogP contribution in [-0.4, -0.2) is 21.9 Å². The van der Waals surface area contributed by atoms with Crippen molar-refractivity contribution in [3.05, 3.63) is 35.4 Å². The van der Waals surface area contributed by atoms with Crippen LogP contribution in [0.4, 0.5) is 0 Å². The van der Waals surface area contributed by atoms with Gasteiger partial charge in [-0.1, -0.05) is 41.8 Å². The zero-order valence-corrected chi connectivity index (χ0v) is 10.9. The molecule has 0 heterocycles. The van der Waals surface area contributed by atoms with E-state index >= 15 is 0 Å². The summed E-state index contributed by atoms with van der Waals surface area (Å²) in [7, 11) is 0. The minimum Gasteiger partial charge on any atom is -0.481 e. The Morgan fingerprint density at radius 1 is 1.33 bits per heavy atom. The summed E-state index contributed by atoms with van der Waals surface area (Å²) in [6, 6.07) is 7.21. The first-order valence-corrected chi connectivity index (χ1v) is 6.50. The van der Waals surface area contributed by atoms with Crippen molar-refractivity contribution >= 4 is 22.8 Å². The lowest BCUT2D eigenvalue weighted by atomic mass is 10.1. The van der Waals surface area contributed by atoms with Crippen molar-refractivity contribution in [2.45, 2.75) is 19.8 Å². The van der Waals surface area contributed by atoms with Crippen molar-refractivity contribution in [3.63, 3.8) is 0 Å². The highest BCUT2D eigenvalue weighted by atomic mass is 32.2. The van der Waals surface area contributed by atoms with Gasteiger partial charge in [-0.3, -0.25) is 9.59 Å². The molecule has 4 heteroatoms. The molecule has 1 aromatic rings. The zero-order chi connectivity index (χ0) is 13.4. The van der Waals surface area contributed by atoms with E-state index in [2.05, 4.69) is 11.8 Å². The minimum absolute atomic E-state index is 0.0208. The lowest BCUT2D eigenvalue weighted by molar-refractivity contribution is -0.136. The van der Waals surface area contributed by atoms with Gasteiger partial charge in [0.05, 0.1) is 6.42 Å². The SMILES string of the molecule is CC(=O)SCCC#Cc1ccccc1CC(=O)O. The number of aliphatic carboxylic acids is 1. The molecule has 0 saturated heterocycles. The van der Waals surface area contributed by atoms with Gasteiger partial charge >= 0.3 is 5.97 Å². The molecule has 0 saturated carbocycles. The smallest absolute Gasteiger partial charge is 0.307 e. The zero-order valence-electron chi connectivity index (χ0n) is 10.1. The van der Waals surface area contributed by atoms with Gasteiger partial charge in [0.15, 0.2) is 5.12 Å². The highest BCUT2D eigenvalue weighted by Crippen LogP contribution is 2.08. The molecule has 0 aliphatic carbocycles. The van der Waals surface area contributed by atoms with E-state index in [1.165, 1.54) is 18.7 Å². The second-order valence-electron chi connectivity index (χ2n) is 3.62. The Labute approximate surface area is 111 Å². The number of thioether (sulfide) groups is 1. The summed E-state index contributed by atoms with van der Waals surface area (Å²) in [5, 5.41) is 8.86. The lowest BCUT2D eigenvalue weighted by Crippen LogP contribution is -2.01.